The van der Waals surface area contributed by atoms with Crippen LogP contribution in [0.15, 0.2) is 48.5 Å². The molecule has 26 heavy (non-hydrogen) atoms. The first-order valence-corrected chi connectivity index (χ1v) is 8.50. The predicted molar refractivity (Wildman–Crippen MR) is 89.6 cm³/mol. The van der Waals surface area contributed by atoms with Gasteiger partial charge in [-0.1, -0.05) is 48.2 Å². The molecule has 0 radical (unpaired) electrons. The SMILES string of the molecule is O=C1c2ccccc2C(=O)N1OC(=O)C1(c2ccccc2F)CCCC1. The van der Waals surface area contributed by atoms with E-state index in [1.54, 1.807) is 30.3 Å². The van der Waals surface area contributed by atoms with Gasteiger partial charge in [-0.05, 0) is 31.0 Å². The number of carbonyl (C=O) groups excluding carboxylic acids is 3. The van der Waals surface area contributed by atoms with E-state index in [0.717, 1.165) is 12.8 Å². The van der Waals surface area contributed by atoms with E-state index in [0.29, 0.717) is 17.9 Å². The lowest BCUT2D eigenvalue weighted by atomic mass is 9.78. The zero-order chi connectivity index (χ0) is 18.3. The van der Waals surface area contributed by atoms with E-state index in [1.807, 2.05) is 0 Å². The van der Waals surface area contributed by atoms with Crippen molar-refractivity contribution in [1.82, 2.24) is 5.06 Å². The van der Waals surface area contributed by atoms with Gasteiger partial charge >= 0.3 is 5.97 Å². The van der Waals surface area contributed by atoms with Gasteiger partial charge in [0, 0.05) is 5.56 Å². The third-order valence-electron chi connectivity index (χ3n) is 5.17. The number of hydroxylamine groups is 2. The Kier molecular flexibility index (Phi) is 3.83. The van der Waals surface area contributed by atoms with Gasteiger partial charge < -0.3 is 4.84 Å². The molecular weight excluding hydrogens is 337 g/mol. The summed E-state index contributed by atoms with van der Waals surface area (Å²) in [5, 5.41) is 0.494. The summed E-state index contributed by atoms with van der Waals surface area (Å²) >= 11 is 0. The van der Waals surface area contributed by atoms with E-state index in [9.17, 15) is 18.8 Å². The van der Waals surface area contributed by atoms with Gasteiger partial charge in [-0.2, -0.15) is 0 Å². The molecule has 4 rings (SSSR count). The molecule has 0 N–H and O–H groups in total. The van der Waals surface area contributed by atoms with Crippen LogP contribution in [-0.2, 0) is 15.0 Å². The lowest BCUT2D eigenvalue weighted by Crippen LogP contribution is -2.42. The van der Waals surface area contributed by atoms with Crippen LogP contribution in [0.5, 0.6) is 0 Å². The second-order valence-electron chi connectivity index (χ2n) is 6.60. The number of hydrogen-bond donors (Lipinski definition) is 0. The zero-order valence-electron chi connectivity index (χ0n) is 13.9. The number of halogens is 1. The van der Waals surface area contributed by atoms with Crippen molar-refractivity contribution in [3.05, 3.63) is 71.0 Å². The summed E-state index contributed by atoms with van der Waals surface area (Å²) in [6.45, 7) is 0. The normalized spacial score (nSPS) is 18.1. The molecule has 1 heterocycles. The minimum Gasteiger partial charge on any atom is -0.329 e. The van der Waals surface area contributed by atoms with Gasteiger partial charge in [0.15, 0.2) is 0 Å². The predicted octanol–water partition coefficient (Wildman–Crippen LogP) is 3.39. The number of benzene rings is 2. The first kappa shape index (κ1) is 16.4. The molecule has 0 unspecified atom stereocenters. The van der Waals surface area contributed by atoms with Crippen molar-refractivity contribution < 1.29 is 23.6 Å². The second-order valence-corrected chi connectivity index (χ2v) is 6.60. The Balaban J connectivity index is 1.66. The number of fused-ring (bicyclic) bond motifs is 1. The molecule has 2 aliphatic rings. The average Bonchev–Trinajstić information content (AvgIpc) is 3.23. The van der Waals surface area contributed by atoms with Gasteiger partial charge in [-0.25, -0.2) is 9.18 Å². The van der Waals surface area contributed by atoms with Gasteiger partial charge in [0.05, 0.1) is 16.5 Å². The molecular formula is C20H16FNO4. The third-order valence-corrected chi connectivity index (χ3v) is 5.17. The number of carbonyl (C=O) groups is 3. The molecule has 0 spiro atoms. The van der Waals surface area contributed by atoms with E-state index >= 15 is 0 Å². The van der Waals surface area contributed by atoms with Crippen molar-refractivity contribution in [2.45, 2.75) is 31.1 Å². The molecule has 2 amide bonds. The number of nitrogens with zero attached hydrogens (tertiary/aromatic N) is 1. The monoisotopic (exact) mass is 353 g/mol. The summed E-state index contributed by atoms with van der Waals surface area (Å²) in [4.78, 5) is 43.1. The van der Waals surface area contributed by atoms with Crippen molar-refractivity contribution in [2.75, 3.05) is 0 Å². The van der Waals surface area contributed by atoms with Crippen LogP contribution >= 0.6 is 0 Å². The number of amides is 2. The van der Waals surface area contributed by atoms with Crippen LogP contribution in [0.3, 0.4) is 0 Å². The van der Waals surface area contributed by atoms with Gasteiger partial charge in [-0.15, -0.1) is 0 Å². The van der Waals surface area contributed by atoms with Gasteiger partial charge in [0.25, 0.3) is 11.8 Å². The fourth-order valence-electron chi connectivity index (χ4n) is 3.83. The smallest absolute Gasteiger partial charge is 0.329 e. The fraction of sp³-hybridized carbons (Fsp3) is 0.250. The van der Waals surface area contributed by atoms with Crippen LogP contribution in [0.4, 0.5) is 4.39 Å². The quantitative estimate of drug-likeness (QED) is 0.794. The Bertz CT molecular complexity index is 883. The molecule has 0 saturated heterocycles. The summed E-state index contributed by atoms with van der Waals surface area (Å²) in [5.41, 5.74) is -0.548. The van der Waals surface area contributed by atoms with Crippen molar-refractivity contribution in [2.24, 2.45) is 0 Å². The third kappa shape index (κ3) is 2.33. The number of rotatable bonds is 3. The Labute approximate surface area is 149 Å². The molecule has 1 aliphatic carbocycles. The summed E-state index contributed by atoms with van der Waals surface area (Å²) < 4.78 is 14.4. The highest BCUT2D eigenvalue weighted by atomic mass is 19.1. The van der Waals surface area contributed by atoms with Gasteiger partial charge in [-0.3, -0.25) is 9.59 Å². The van der Waals surface area contributed by atoms with E-state index in [1.165, 1.54) is 18.2 Å². The molecule has 6 heteroatoms. The lowest BCUT2D eigenvalue weighted by molar-refractivity contribution is -0.176. The number of hydrogen-bond acceptors (Lipinski definition) is 4. The molecule has 1 aliphatic heterocycles. The maximum atomic E-state index is 14.4. The molecule has 5 nitrogen and oxygen atoms in total. The Morgan fingerprint density at radius 3 is 2.04 bits per heavy atom. The summed E-state index contributed by atoms with van der Waals surface area (Å²) in [6, 6.07) is 12.3. The Morgan fingerprint density at radius 2 is 1.46 bits per heavy atom. The van der Waals surface area contributed by atoms with Crippen LogP contribution in [0.25, 0.3) is 0 Å². The molecule has 1 fully saturated rings. The summed E-state index contributed by atoms with van der Waals surface area (Å²) in [5.74, 6) is -2.62. The van der Waals surface area contributed by atoms with Gasteiger partial charge in [0.2, 0.25) is 0 Å². The maximum Gasteiger partial charge on any atom is 0.343 e. The van der Waals surface area contributed by atoms with Crippen LogP contribution in [0.1, 0.15) is 52.0 Å². The van der Waals surface area contributed by atoms with E-state index in [4.69, 9.17) is 4.84 Å². The highest BCUT2D eigenvalue weighted by Crippen LogP contribution is 2.43. The van der Waals surface area contributed by atoms with Crippen molar-refractivity contribution in [3.63, 3.8) is 0 Å². The summed E-state index contributed by atoms with van der Waals surface area (Å²) in [7, 11) is 0. The van der Waals surface area contributed by atoms with E-state index < -0.39 is 29.0 Å². The van der Waals surface area contributed by atoms with Gasteiger partial charge in [0.1, 0.15) is 5.82 Å². The Hall–Kier alpha value is -3.02. The molecule has 2 aromatic rings. The average molecular weight is 353 g/mol. The van der Waals surface area contributed by atoms with Crippen LogP contribution in [0, 0.1) is 5.82 Å². The molecule has 1 saturated carbocycles. The molecule has 0 aromatic heterocycles. The molecule has 132 valence electrons. The van der Waals surface area contributed by atoms with Crippen molar-refractivity contribution in [1.29, 1.82) is 0 Å². The maximum absolute atomic E-state index is 14.4. The van der Waals surface area contributed by atoms with Crippen molar-refractivity contribution in [3.8, 4) is 0 Å². The highest BCUT2D eigenvalue weighted by molar-refractivity contribution is 6.21. The first-order chi connectivity index (χ1) is 12.5. The first-order valence-electron chi connectivity index (χ1n) is 8.50. The molecule has 0 atom stereocenters. The van der Waals surface area contributed by atoms with Crippen LogP contribution in [-0.4, -0.2) is 22.8 Å². The van der Waals surface area contributed by atoms with E-state index in [-0.39, 0.29) is 16.7 Å². The zero-order valence-corrected chi connectivity index (χ0v) is 13.9. The molecule has 2 aromatic carbocycles. The van der Waals surface area contributed by atoms with Crippen LogP contribution in [0.2, 0.25) is 0 Å². The fourth-order valence-corrected chi connectivity index (χ4v) is 3.83. The standard InChI is InChI=1S/C20H16FNO4/c21-16-10-4-3-9-15(16)20(11-5-6-12-20)19(25)26-22-17(23)13-7-1-2-8-14(13)18(22)24/h1-4,7-10H,5-6,11-12H2. The van der Waals surface area contributed by atoms with Crippen LogP contribution < -0.4 is 0 Å². The lowest BCUT2D eigenvalue weighted by Gasteiger charge is -2.28. The Morgan fingerprint density at radius 1 is 0.923 bits per heavy atom. The highest BCUT2D eigenvalue weighted by Gasteiger charge is 2.49. The molecule has 0 bridgehead atoms. The summed E-state index contributed by atoms with van der Waals surface area (Å²) in [6.07, 6.45) is 2.31. The second kappa shape index (κ2) is 6.05. The minimum atomic E-state index is -1.18. The number of imide groups is 1. The van der Waals surface area contributed by atoms with Crippen molar-refractivity contribution >= 4 is 17.8 Å². The largest absolute Gasteiger partial charge is 0.343 e. The minimum absolute atomic E-state index is 0.191. The topological polar surface area (TPSA) is 63.7 Å². The van der Waals surface area contributed by atoms with E-state index in [2.05, 4.69) is 0 Å².